The summed E-state index contributed by atoms with van der Waals surface area (Å²) in [5, 5.41) is 8.87. The Bertz CT molecular complexity index is 683. The van der Waals surface area contributed by atoms with Crippen molar-refractivity contribution in [2.24, 2.45) is 12.8 Å². The second-order valence-corrected chi connectivity index (χ2v) is 7.50. The molecule has 1 aromatic carbocycles. The van der Waals surface area contributed by atoms with Gasteiger partial charge in [0.25, 0.3) is 0 Å². The number of hydrogen-bond acceptors (Lipinski definition) is 5. The Morgan fingerprint density at radius 1 is 0.960 bits per heavy atom. The quantitative estimate of drug-likeness (QED) is 0.890. The smallest absolute Gasteiger partial charge is 0.146 e. The molecule has 1 aliphatic carbocycles. The van der Waals surface area contributed by atoms with E-state index >= 15 is 0 Å². The molecule has 2 aromatic rings. The van der Waals surface area contributed by atoms with Crippen LogP contribution in [-0.2, 0) is 20.1 Å². The van der Waals surface area contributed by atoms with Gasteiger partial charge in [0.05, 0.1) is 6.54 Å². The fourth-order valence-corrected chi connectivity index (χ4v) is 3.89. The SMILES string of the molecule is Cn1c(CN2CCN(Cc3ccccc3)CC2)nnc1C1CC(N)C1. The first-order chi connectivity index (χ1) is 12.2. The van der Waals surface area contributed by atoms with E-state index in [0.29, 0.717) is 12.0 Å². The lowest BCUT2D eigenvalue weighted by Gasteiger charge is -2.34. The fourth-order valence-electron chi connectivity index (χ4n) is 3.89. The summed E-state index contributed by atoms with van der Waals surface area (Å²) in [5.41, 5.74) is 7.31. The topological polar surface area (TPSA) is 63.2 Å². The molecule has 4 rings (SSSR count). The summed E-state index contributed by atoms with van der Waals surface area (Å²) in [6.07, 6.45) is 2.09. The van der Waals surface area contributed by atoms with Gasteiger partial charge in [0.15, 0.2) is 0 Å². The van der Waals surface area contributed by atoms with Gasteiger partial charge < -0.3 is 10.3 Å². The minimum absolute atomic E-state index is 0.350. The average molecular weight is 340 g/mol. The molecule has 0 amide bonds. The third-order valence-corrected chi connectivity index (χ3v) is 5.62. The third-order valence-electron chi connectivity index (χ3n) is 5.62. The Kier molecular flexibility index (Phi) is 4.83. The molecule has 1 saturated heterocycles. The van der Waals surface area contributed by atoms with E-state index in [9.17, 15) is 0 Å². The van der Waals surface area contributed by atoms with E-state index in [1.807, 2.05) is 0 Å². The molecule has 0 unspecified atom stereocenters. The first-order valence-electron chi connectivity index (χ1n) is 9.31. The minimum atomic E-state index is 0.350. The van der Waals surface area contributed by atoms with Gasteiger partial charge in [0.2, 0.25) is 0 Å². The van der Waals surface area contributed by atoms with Gasteiger partial charge in [-0.3, -0.25) is 9.80 Å². The molecular formula is C19H28N6. The molecule has 1 saturated carbocycles. The van der Waals surface area contributed by atoms with Crippen molar-refractivity contribution in [2.45, 2.75) is 37.9 Å². The molecule has 2 aliphatic rings. The molecule has 0 atom stereocenters. The van der Waals surface area contributed by atoms with E-state index in [1.165, 1.54) is 5.56 Å². The third kappa shape index (κ3) is 3.76. The molecule has 0 spiro atoms. The van der Waals surface area contributed by atoms with Crippen molar-refractivity contribution < 1.29 is 0 Å². The van der Waals surface area contributed by atoms with E-state index in [0.717, 1.165) is 63.8 Å². The normalized spacial score (nSPS) is 25.0. The van der Waals surface area contributed by atoms with Crippen LogP contribution in [0.2, 0.25) is 0 Å². The molecule has 2 heterocycles. The van der Waals surface area contributed by atoms with E-state index in [2.05, 4.69) is 61.9 Å². The standard InChI is InChI=1S/C19H28N6/c1-23-18(21-22-19(23)16-11-17(20)12-16)14-25-9-7-24(8-10-25)13-15-5-3-2-4-6-15/h2-6,16-17H,7-14,20H2,1H3. The van der Waals surface area contributed by atoms with Crippen molar-refractivity contribution in [3.8, 4) is 0 Å². The molecule has 0 bridgehead atoms. The summed E-state index contributed by atoms with van der Waals surface area (Å²) in [6.45, 7) is 6.33. The monoisotopic (exact) mass is 340 g/mol. The molecule has 2 fully saturated rings. The summed E-state index contributed by atoms with van der Waals surface area (Å²) >= 11 is 0. The van der Waals surface area contributed by atoms with Crippen molar-refractivity contribution in [3.63, 3.8) is 0 Å². The number of nitrogens with two attached hydrogens (primary N) is 1. The number of piperazine rings is 1. The van der Waals surface area contributed by atoms with Crippen molar-refractivity contribution >= 4 is 0 Å². The Morgan fingerprint density at radius 3 is 2.24 bits per heavy atom. The lowest BCUT2D eigenvalue weighted by molar-refractivity contribution is 0.119. The Morgan fingerprint density at radius 2 is 1.60 bits per heavy atom. The highest BCUT2D eigenvalue weighted by Gasteiger charge is 2.31. The van der Waals surface area contributed by atoms with Gasteiger partial charge in [-0.25, -0.2) is 0 Å². The molecule has 6 nitrogen and oxygen atoms in total. The summed E-state index contributed by atoms with van der Waals surface area (Å²) < 4.78 is 2.19. The summed E-state index contributed by atoms with van der Waals surface area (Å²) in [6, 6.07) is 11.1. The molecule has 1 aromatic heterocycles. The van der Waals surface area contributed by atoms with Crippen molar-refractivity contribution in [1.82, 2.24) is 24.6 Å². The van der Waals surface area contributed by atoms with E-state index in [1.54, 1.807) is 0 Å². The zero-order chi connectivity index (χ0) is 17.2. The fraction of sp³-hybridized carbons (Fsp3) is 0.579. The lowest BCUT2D eigenvalue weighted by Crippen LogP contribution is -2.45. The number of benzene rings is 1. The first-order valence-corrected chi connectivity index (χ1v) is 9.31. The molecule has 6 heteroatoms. The summed E-state index contributed by atoms with van der Waals surface area (Å²) in [4.78, 5) is 5.02. The van der Waals surface area contributed by atoms with Crippen molar-refractivity contribution in [2.75, 3.05) is 26.2 Å². The predicted molar refractivity (Wildman–Crippen MR) is 97.9 cm³/mol. The maximum absolute atomic E-state index is 5.91. The number of rotatable bonds is 5. The molecule has 134 valence electrons. The zero-order valence-electron chi connectivity index (χ0n) is 15.0. The Balaban J connectivity index is 1.29. The van der Waals surface area contributed by atoms with Crippen LogP contribution in [0, 0.1) is 0 Å². The van der Waals surface area contributed by atoms with Gasteiger partial charge in [-0.2, -0.15) is 0 Å². The largest absolute Gasteiger partial charge is 0.328 e. The van der Waals surface area contributed by atoms with Crippen molar-refractivity contribution in [3.05, 3.63) is 47.5 Å². The number of nitrogens with zero attached hydrogens (tertiary/aromatic N) is 5. The zero-order valence-corrected chi connectivity index (χ0v) is 15.0. The second-order valence-electron chi connectivity index (χ2n) is 7.50. The predicted octanol–water partition coefficient (Wildman–Crippen LogP) is 1.34. The highest BCUT2D eigenvalue weighted by molar-refractivity contribution is 5.14. The Hall–Kier alpha value is -1.76. The van der Waals surface area contributed by atoms with E-state index in [-0.39, 0.29) is 0 Å². The van der Waals surface area contributed by atoms with Crippen molar-refractivity contribution in [1.29, 1.82) is 0 Å². The average Bonchev–Trinajstić information content (AvgIpc) is 2.95. The van der Waals surface area contributed by atoms with Gasteiger partial charge in [-0.15, -0.1) is 10.2 Å². The highest BCUT2D eigenvalue weighted by atomic mass is 15.3. The van der Waals surface area contributed by atoms with Crippen LogP contribution >= 0.6 is 0 Å². The molecule has 2 N–H and O–H groups in total. The first kappa shape index (κ1) is 16.7. The van der Waals surface area contributed by atoms with Crippen LogP contribution in [-0.4, -0.2) is 56.8 Å². The van der Waals surface area contributed by atoms with E-state index < -0.39 is 0 Å². The Labute approximate surface area is 149 Å². The maximum atomic E-state index is 5.91. The minimum Gasteiger partial charge on any atom is -0.328 e. The van der Waals surface area contributed by atoms with Crippen LogP contribution < -0.4 is 5.73 Å². The van der Waals surface area contributed by atoms with Gasteiger partial charge in [-0.05, 0) is 18.4 Å². The van der Waals surface area contributed by atoms with Crippen LogP contribution in [0.25, 0.3) is 0 Å². The van der Waals surface area contributed by atoms with Gasteiger partial charge in [-0.1, -0.05) is 30.3 Å². The molecular weight excluding hydrogens is 312 g/mol. The van der Waals surface area contributed by atoms with Crippen LogP contribution in [0.4, 0.5) is 0 Å². The summed E-state index contributed by atoms with van der Waals surface area (Å²) in [7, 11) is 2.10. The van der Waals surface area contributed by atoms with Gasteiger partial charge >= 0.3 is 0 Å². The second kappa shape index (κ2) is 7.23. The van der Waals surface area contributed by atoms with Gasteiger partial charge in [0, 0.05) is 51.7 Å². The molecule has 25 heavy (non-hydrogen) atoms. The van der Waals surface area contributed by atoms with E-state index in [4.69, 9.17) is 5.73 Å². The number of aromatic nitrogens is 3. The summed E-state index contributed by atoms with van der Waals surface area (Å²) in [5.74, 6) is 2.69. The maximum Gasteiger partial charge on any atom is 0.146 e. The van der Waals surface area contributed by atoms with Crippen LogP contribution in [0.5, 0.6) is 0 Å². The molecule has 0 radical (unpaired) electrons. The lowest BCUT2D eigenvalue weighted by atomic mass is 9.80. The van der Waals surface area contributed by atoms with Crippen LogP contribution in [0.3, 0.4) is 0 Å². The van der Waals surface area contributed by atoms with Crippen LogP contribution in [0.15, 0.2) is 30.3 Å². The number of hydrogen-bond donors (Lipinski definition) is 1. The molecule has 1 aliphatic heterocycles. The van der Waals surface area contributed by atoms with Crippen LogP contribution in [0.1, 0.15) is 36.0 Å². The highest BCUT2D eigenvalue weighted by Crippen LogP contribution is 2.34. The van der Waals surface area contributed by atoms with Gasteiger partial charge in [0.1, 0.15) is 11.6 Å².